The molecule has 0 aliphatic carbocycles. The number of pyridine rings is 1. The first-order chi connectivity index (χ1) is 18.0. The molecule has 0 unspecified atom stereocenters. The number of benzene rings is 2. The lowest BCUT2D eigenvalue weighted by atomic mass is 10.1. The van der Waals surface area contributed by atoms with Crippen LogP contribution in [0.25, 0.3) is 37.2 Å². The number of H-pyrrole nitrogens is 1. The summed E-state index contributed by atoms with van der Waals surface area (Å²) in [6.07, 6.45) is 2.57. The van der Waals surface area contributed by atoms with Crippen molar-refractivity contribution < 1.29 is 9.53 Å². The average Bonchev–Trinajstić information content (AvgIpc) is 3.58. The third-order valence-corrected chi connectivity index (χ3v) is 7.74. The minimum absolute atomic E-state index is 0.233. The second kappa shape index (κ2) is 8.90. The minimum atomic E-state index is -0.534. The van der Waals surface area contributed by atoms with Crippen molar-refractivity contribution >= 4 is 49.3 Å². The first-order valence-corrected chi connectivity index (χ1v) is 12.6. The Labute approximate surface area is 214 Å². The third kappa shape index (κ3) is 3.77. The zero-order chi connectivity index (χ0) is 25.7. The highest BCUT2D eigenvalue weighted by Crippen LogP contribution is 2.26. The highest BCUT2D eigenvalue weighted by molar-refractivity contribution is 7.20. The number of para-hydroxylation sites is 2. The van der Waals surface area contributed by atoms with Crippen molar-refractivity contribution in [3.63, 3.8) is 0 Å². The summed E-state index contributed by atoms with van der Waals surface area (Å²) in [6.45, 7) is 1.94. The number of fused-ring (bicyclic) bond motifs is 3. The van der Waals surface area contributed by atoms with Crippen LogP contribution in [-0.4, -0.2) is 37.0 Å². The first kappa shape index (κ1) is 23.0. The SMILES string of the molecule is COC(=O)Cn1c2cc(=O)n(CCc3c[nH]c4ccccc34)c(C)c2c(=O)n1-c1nc2ccccc2s1. The van der Waals surface area contributed by atoms with Crippen LogP contribution in [0.5, 0.6) is 0 Å². The van der Waals surface area contributed by atoms with E-state index in [1.54, 1.807) is 11.5 Å². The van der Waals surface area contributed by atoms with Crippen LogP contribution in [0, 0.1) is 6.92 Å². The molecular weight excluding hydrogens is 490 g/mol. The summed E-state index contributed by atoms with van der Waals surface area (Å²) in [4.78, 5) is 47.3. The topological polar surface area (TPSA) is 104 Å². The molecule has 0 fully saturated rings. The van der Waals surface area contributed by atoms with E-state index < -0.39 is 5.97 Å². The molecule has 37 heavy (non-hydrogen) atoms. The van der Waals surface area contributed by atoms with Crippen molar-refractivity contribution in [1.82, 2.24) is 23.9 Å². The Morgan fingerprint density at radius 1 is 1.11 bits per heavy atom. The Morgan fingerprint density at radius 2 is 1.89 bits per heavy atom. The Bertz CT molecular complexity index is 1900. The lowest BCUT2D eigenvalue weighted by Gasteiger charge is -2.11. The van der Waals surface area contributed by atoms with E-state index in [1.165, 1.54) is 33.9 Å². The third-order valence-electron chi connectivity index (χ3n) is 6.72. The van der Waals surface area contributed by atoms with E-state index in [9.17, 15) is 14.4 Å². The molecule has 0 saturated heterocycles. The molecule has 0 saturated carbocycles. The Hall–Kier alpha value is -4.44. The number of aromatic amines is 1. The summed E-state index contributed by atoms with van der Waals surface area (Å²) in [5.74, 6) is -0.534. The number of rotatable bonds is 6. The quantitative estimate of drug-likeness (QED) is 0.342. The van der Waals surface area contributed by atoms with Gasteiger partial charge in [-0.1, -0.05) is 41.7 Å². The number of methoxy groups -OCH3 is 1. The summed E-state index contributed by atoms with van der Waals surface area (Å²) >= 11 is 1.34. The molecule has 0 radical (unpaired) electrons. The summed E-state index contributed by atoms with van der Waals surface area (Å²) in [5, 5.41) is 1.90. The van der Waals surface area contributed by atoms with Crippen LogP contribution in [0.15, 0.2) is 70.4 Å². The molecule has 186 valence electrons. The number of nitrogens with zero attached hydrogens (tertiary/aromatic N) is 4. The number of aromatic nitrogens is 5. The van der Waals surface area contributed by atoms with E-state index in [4.69, 9.17) is 4.74 Å². The van der Waals surface area contributed by atoms with Gasteiger partial charge in [0.25, 0.3) is 11.1 Å². The van der Waals surface area contributed by atoms with Gasteiger partial charge in [-0.3, -0.25) is 19.1 Å². The number of hydrogen-bond donors (Lipinski definition) is 1. The van der Waals surface area contributed by atoms with E-state index in [0.29, 0.717) is 34.7 Å². The maximum Gasteiger partial charge on any atom is 0.327 e. The number of nitrogens with one attached hydrogen (secondary N) is 1. The van der Waals surface area contributed by atoms with Crippen LogP contribution in [0.1, 0.15) is 11.3 Å². The van der Waals surface area contributed by atoms with Gasteiger partial charge in [0.15, 0.2) is 0 Å². The lowest BCUT2D eigenvalue weighted by molar-refractivity contribution is -0.141. The fourth-order valence-corrected chi connectivity index (χ4v) is 5.85. The number of esters is 1. The van der Waals surface area contributed by atoms with Crippen molar-refractivity contribution in [3.8, 4) is 5.13 Å². The van der Waals surface area contributed by atoms with Gasteiger partial charge in [0, 0.05) is 35.4 Å². The summed E-state index contributed by atoms with van der Waals surface area (Å²) in [6, 6.07) is 17.0. The monoisotopic (exact) mass is 513 g/mol. The molecule has 0 amide bonds. The molecule has 0 spiro atoms. The fourth-order valence-electron chi connectivity index (χ4n) is 4.88. The molecule has 9 nitrogen and oxygen atoms in total. The van der Waals surface area contributed by atoms with E-state index in [2.05, 4.69) is 9.97 Å². The van der Waals surface area contributed by atoms with Crippen LogP contribution < -0.4 is 11.1 Å². The predicted molar refractivity (Wildman–Crippen MR) is 144 cm³/mol. The maximum atomic E-state index is 13.8. The van der Waals surface area contributed by atoms with Gasteiger partial charge in [0.05, 0.1) is 28.2 Å². The molecular formula is C27H23N5O4S. The van der Waals surface area contributed by atoms with Crippen molar-refractivity contribution in [2.75, 3.05) is 7.11 Å². The molecule has 1 N–H and O–H groups in total. The van der Waals surface area contributed by atoms with E-state index in [-0.39, 0.29) is 17.7 Å². The Balaban J connectivity index is 1.51. The lowest BCUT2D eigenvalue weighted by Crippen LogP contribution is -2.24. The van der Waals surface area contributed by atoms with Crippen LogP contribution in [-0.2, 0) is 29.0 Å². The largest absolute Gasteiger partial charge is 0.468 e. The molecule has 4 heterocycles. The van der Waals surface area contributed by atoms with Gasteiger partial charge in [-0.2, -0.15) is 4.68 Å². The number of aryl methyl sites for hydroxylation is 2. The standard InChI is InChI=1S/C27H23N5O4S/c1-16-25-21(13-23(33)30(16)12-11-17-14-28-19-8-4-3-7-18(17)19)31(15-24(34)36-2)32(26(25)35)27-29-20-9-5-6-10-22(20)37-27/h3-10,13-14,28H,11-12,15H2,1-2H3. The smallest absolute Gasteiger partial charge is 0.327 e. The summed E-state index contributed by atoms with van der Waals surface area (Å²) in [7, 11) is 1.29. The molecule has 2 aromatic carbocycles. The number of carbonyl (C=O) groups excluding carboxylic acids is 1. The molecule has 6 rings (SSSR count). The molecule has 0 bridgehead atoms. The zero-order valence-corrected chi connectivity index (χ0v) is 21.0. The molecule has 0 aliphatic heterocycles. The van der Waals surface area contributed by atoms with Crippen molar-refractivity contribution in [1.29, 1.82) is 0 Å². The number of thiazole rings is 1. The molecule has 4 aromatic heterocycles. The maximum absolute atomic E-state index is 13.8. The summed E-state index contributed by atoms with van der Waals surface area (Å²) in [5.41, 5.74) is 3.22. The van der Waals surface area contributed by atoms with Gasteiger partial charge >= 0.3 is 5.97 Å². The van der Waals surface area contributed by atoms with Crippen LogP contribution >= 0.6 is 11.3 Å². The number of hydrogen-bond acceptors (Lipinski definition) is 6. The second-order valence-corrected chi connectivity index (χ2v) is 9.81. The summed E-state index contributed by atoms with van der Waals surface area (Å²) < 4.78 is 10.3. The normalized spacial score (nSPS) is 11.6. The fraction of sp³-hybridized carbons (Fsp3) is 0.185. The highest BCUT2D eigenvalue weighted by Gasteiger charge is 2.23. The van der Waals surface area contributed by atoms with Crippen molar-refractivity contribution in [2.45, 2.75) is 26.4 Å². The second-order valence-electron chi connectivity index (χ2n) is 8.80. The van der Waals surface area contributed by atoms with E-state index >= 15 is 0 Å². The van der Waals surface area contributed by atoms with Gasteiger partial charge in [-0.05, 0) is 37.1 Å². The molecule has 10 heteroatoms. The Morgan fingerprint density at radius 3 is 2.70 bits per heavy atom. The van der Waals surface area contributed by atoms with Crippen LogP contribution in [0.2, 0.25) is 0 Å². The van der Waals surface area contributed by atoms with Crippen LogP contribution in [0.4, 0.5) is 0 Å². The molecule has 0 aliphatic rings. The highest BCUT2D eigenvalue weighted by atomic mass is 32.1. The zero-order valence-electron chi connectivity index (χ0n) is 20.2. The van der Waals surface area contributed by atoms with Gasteiger partial charge in [0.2, 0.25) is 5.13 Å². The van der Waals surface area contributed by atoms with E-state index in [0.717, 1.165) is 26.7 Å². The Kier molecular flexibility index (Phi) is 5.53. The van der Waals surface area contributed by atoms with E-state index in [1.807, 2.05) is 54.7 Å². The average molecular weight is 514 g/mol. The number of ether oxygens (including phenoxy) is 1. The molecule has 0 atom stereocenters. The van der Waals surface area contributed by atoms with Gasteiger partial charge in [-0.15, -0.1) is 0 Å². The van der Waals surface area contributed by atoms with Crippen LogP contribution in [0.3, 0.4) is 0 Å². The predicted octanol–water partition coefficient (Wildman–Crippen LogP) is 3.77. The minimum Gasteiger partial charge on any atom is -0.468 e. The van der Waals surface area contributed by atoms with Gasteiger partial charge in [0.1, 0.15) is 6.54 Å². The van der Waals surface area contributed by atoms with Crippen molar-refractivity contribution in [3.05, 3.63) is 92.8 Å². The number of carbonyl (C=O) groups is 1. The van der Waals surface area contributed by atoms with Crippen molar-refractivity contribution in [2.24, 2.45) is 0 Å². The first-order valence-electron chi connectivity index (χ1n) is 11.8. The van der Waals surface area contributed by atoms with Gasteiger partial charge in [-0.25, -0.2) is 4.98 Å². The molecule has 6 aromatic rings. The van der Waals surface area contributed by atoms with Gasteiger partial charge < -0.3 is 14.3 Å².